The summed E-state index contributed by atoms with van der Waals surface area (Å²) in [4.78, 5) is 49.1. The van der Waals surface area contributed by atoms with Gasteiger partial charge in [-0.1, -0.05) is 25.3 Å². The fraction of sp³-hybridized carbons (Fsp3) is 0.462. The summed E-state index contributed by atoms with van der Waals surface area (Å²) in [6, 6.07) is 5.84. The maximum absolute atomic E-state index is 13.1. The van der Waals surface area contributed by atoms with Crippen molar-refractivity contribution in [1.29, 1.82) is 0 Å². The fourth-order valence-electron chi connectivity index (χ4n) is 4.67. The number of hydrogen-bond acceptors (Lipinski definition) is 5. The van der Waals surface area contributed by atoms with Crippen LogP contribution in [-0.2, 0) is 16.0 Å². The molecule has 0 aliphatic heterocycles. The number of aryl methyl sites for hydroxylation is 2. The first-order valence-electron chi connectivity index (χ1n) is 12.1. The monoisotopic (exact) mass is 495 g/mol. The van der Waals surface area contributed by atoms with Crippen molar-refractivity contribution in [3.8, 4) is 0 Å². The second-order valence-corrected chi connectivity index (χ2v) is 10.5. The maximum atomic E-state index is 13.1. The molecule has 1 aliphatic rings. The molecular formula is C26H33N5O3S. The van der Waals surface area contributed by atoms with Crippen LogP contribution in [0.25, 0.3) is 10.9 Å². The van der Waals surface area contributed by atoms with Gasteiger partial charge in [-0.15, -0.1) is 11.3 Å². The molecule has 0 unspecified atom stereocenters. The number of amides is 3. The highest BCUT2D eigenvalue weighted by Crippen LogP contribution is 2.32. The number of thiazole rings is 1. The Morgan fingerprint density at radius 1 is 1.14 bits per heavy atom. The SMILES string of the molecule is Cc1nc(C(=O)Nc2[nH]c3cc(N(C)C(=O)C4CCCCC4)ccc3c2CCC(=O)N(C)C)cs1. The van der Waals surface area contributed by atoms with E-state index < -0.39 is 0 Å². The molecule has 1 saturated carbocycles. The largest absolute Gasteiger partial charge is 0.349 e. The first-order chi connectivity index (χ1) is 16.7. The molecule has 1 aliphatic carbocycles. The molecule has 8 nitrogen and oxygen atoms in total. The minimum atomic E-state index is -0.300. The van der Waals surface area contributed by atoms with E-state index in [9.17, 15) is 14.4 Å². The van der Waals surface area contributed by atoms with Gasteiger partial charge in [0.15, 0.2) is 0 Å². The zero-order valence-corrected chi connectivity index (χ0v) is 21.6. The van der Waals surface area contributed by atoms with Gasteiger partial charge in [0, 0.05) is 61.0 Å². The summed E-state index contributed by atoms with van der Waals surface area (Å²) < 4.78 is 0. The highest BCUT2D eigenvalue weighted by atomic mass is 32.1. The van der Waals surface area contributed by atoms with Gasteiger partial charge in [-0.05, 0) is 38.3 Å². The lowest BCUT2D eigenvalue weighted by Gasteiger charge is -2.26. The maximum Gasteiger partial charge on any atom is 0.276 e. The Morgan fingerprint density at radius 2 is 1.89 bits per heavy atom. The van der Waals surface area contributed by atoms with Crippen LogP contribution in [0.15, 0.2) is 23.6 Å². The molecule has 4 rings (SSSR count). The molecule has 0 spiro atoms. The molecule has 0 atom stereocenters. The fourth-order valence-corrected chi connectivity index (χ4v) is 5.26. The van der Waals surface area contributed by atoms with E-state index in [2.05, 4.69) is 15.3 Å². The lowest BCUT2D eigenvalue weighted by molar-refractivity contribution is -0.128. The Hall–Kier alpha value is -3.20. The quantitative estimate of drug-likeness (QED) is 0.494. The minimum absolute atomic E-state index is 0.0150. The number of H-pyrrole nitrogens is 1. The number of aromatic amines is 1. The number of benzene rings is 1. The van der Waals surface area contributed by atoms with Gasteiger partial charge in [0.05, 0.1) is 5.01 Å². The van der Waals surface area contributed by atoms with Crippen molar-refractivity contribution in [2.75, 3.05) is 31.4 Å². The third kappa shape index (κ3) is 5.56. The zero-order chi connectivity index (χ0) is 25.1. The van der Waals surface area contributed by atoms with E-state index in [0.717, 1.165) is 52.8 Å². The van der Waals surface area contributed by atoms with Crippen LogP contribution < -0.4 is 10.2 Å². The Kier molecular flexibility index (Phi) is 7.54. The van der Waals surface area contributed by atoms with E-state index in [1.807, 2.05) is 32.2 Å². The van der Waals surface area contributed by atoms with Gasteiger partial charge in [0.1, 0.15) is 11.5 Å². The van der Waals surface area contributed by atoms with Gasteiger partial charge in [-0.2, -0.15) is 0 Å². The molecule has 35 heavy (non-hydrogen) atoms. The predicted molar refractivity (Wildman–Crippen MR) is 140 cm³/mol. The number of hydrogen-bond donors (Lipinski definition) is 2. The normalized spacial score (nSPS) is 14.2. The van der Waals surface area contributed by atoms with Gasteiger partial charge < -0.3 is 20.1 Å². The molecule has 1 aromatic carbocycles. The summed E-state index contributed by atoms with van der Waals surface area (Å²) in [6.07, 6.45) is 6.11. The molecule has 0 saturated heterocycles. The minimum Gasteiger partial charge on any atom is -0.349 e. The van der Waals surface area contributed by atoms with Crippen molar-refractivity contribution < 1.29 is 14.4 Å². The molecule has 0 bridgehead atoms. The van der Waals surface area contributed by atoms with Crippen LogP contribution in [0.4, 0.5) is 11.5 Å². The molecule has 3 aromatic rings. The molecule has 2 N–H and O–H groups in total. The Labute approximate surface area is 209 Å². The van der Waals surface area contributed by atoms with Gasteiger partial charge in [-0.25, -0.2) is 4.98 Å². The van der Waals surface area contributed by atoms with E-state index >= 15 is 0 Å². The second-order valence-electron chi connectivity index (χ2n) is 9.43. The van der Waals surface area contributed by atoms with Crippen molar-refractivity contribution in [1.82, 2.24) is 14.9 Å². The summed E-state index contributed by atoms with van der Waals surface area (Å²) in [5.41, 5.74) is 2.84. The third-order valence-corrected chi connectivity index (χ3v) is 7.51. The Bertz CT molecular complexity index is 1240. The number of carbonyl (C=O) groups excluding carboxylic acids is 3. The average molecular weight is 496 g/mol. The van der Waals surface area contributed by atoms with Crippen molar-refractivity contribution in [2.24, 2.45) is 5.92 Å². The number of nitrogens with one attached hydrogen (secondary N) is 2. The summed E-state index contributed by atoms with van der Waals surface area (Å²) in [5, 5.41) is 6.42. The Balaban J connectivity index is 1.64. The van der Waals surface area contributed by atoms with Crippen LogP contribution >= 0.6 is 11.3 Å². The number of anilines is 2. The van der Waals surface area contributed by atoms with Crippen molar-refractivity contribution in [3.05, 3.63) is 39.8 Å². The van der Waals surface area contributed by atoms with Crippen LogP contribution in [0.2, 0.25) is 0 Å². The summed E-state index contributed by atoms with van der Waals surface area (Å²) in [5.74, 6) is 0.504. The van der Waals surface area contributed by atoms with Gasteiger partial charge in [0.25, 0.3) is 5.91 Å². The zero-order valence-electron chi connectivity index (χ0n) is 20.8. The molecule has 0 radical (unpaired) electrons. The molecule has 3 amide bonds. The Morgan fingerprint density at radius 3 is 2.54 bits per heavy atom. The van der Waals surface area contributed by atoms with E-state index in [4.69, 9.17) is 0 Å². The molecule has 2 aromatic heterocycles. The lowest BCUT2D eigenvalue weighted by atomic mass is 9.88. The highest BCUT2D eigenvalue weighted by Gasteiger charge is 2.25. The van der Waals surface area contributed by atoms with E-state index in [1.165, 1.54) is 17.8 Å². The van der Waals surface area contributed by atoms with Gasteiger partial charge in [-0.3, -0.25) is 14.4 Å². The molecule has 2 heterocycles. The number of carbonyl (C=O) groups is 3. The summed E-state index contributed by atoms with van der Waals surface area (Å²) in [6.45, 7) is 1.86. The number of rotatable bonds is 7. The van der Waals surface area contributed by atoms with Crippen LogP contribution in [-0.4, -0.2) is 53.7 Å². The highest BCUT2D eigenvalue weighted by molar-refractivity contribution is 7.09. The van der Waals surface area contributed by atoms with Crippen LogP contribution in [0, 0.1) is 12.8 Å². The van der Waals surface area contributed by atoms with Gasteiger partial charge in [0.2, 0.25) is 11.8 Å². The molecular weight excluding hydrogens is 462 g/mol. The second kappa shape index (κ2) is 10.6. The number of aromatic nitrogens is 2. The third-order valence-electron chi connectivity index (χ3n) is 6.74. The van der Waals surface area contributed by atoms with Crippen molar-refractivity contribution >= 4 is 51.5 Å². The standard InChI is InChI=1S/C26H33N5O3S/c1-16-27-22(15-35-16)25(33)29-24-20(12-13-23(32)30(2)3)19-11-10-18(14-21(19)28-24)31(4)26(34)17-8-6-5-7-9-17/h10-11,14-15,17,28H,5-9,12-13H2,1-4H3,(H,29,33). The van der Waals surface area contributed by atoms with E-state index in [0.29, 0.717) is 24.4 Å². The van der Waals surface area contributed by atoms with Crippen LogP contribution in [0.1, 0.15) is 59.6 Å². The first-order valence-corrected chi connectivity index (χ1v) is 13.0. The summed E-state index contributed by atoms with van der Waals surface area (Å²) in [7, 11) is 5.29. The topological polar surface area (TPSA) is 98.4 Å². The molecule has 186 valence electrons. The van der Waals surface area contributed by atoms with E-state index in [-0.39, 0.29) is 23.6 Å². The van der Waals surface area contributed by atoms with Crippen molar-refractivity contribution in [3.63, 3.8) is 0 Å². The van der Waals surface area contributed by atoms with Crippen molar-refractivity contribution in [2.45, 2.75) is 51.9 Å². The molecule has 9 heteroatoms. The predicted octanol–water partition coefficient (Wildman–Crippen LogP) is 4.75. The smallest absolute Gasteiger partial charge is 0.276 e. The number of fused-ring (bicyclic) bond motifs is 1. The average Bonchev–Trinajstić information content (AvgIpc) is 3.44. The van der Waals surface area contributed by atoms with E-state index in [1.54, 1.807) is 29.3 Å². The van der Waals surface area contributed by atoms with Gasteiger partial charge >= 0.3 is 0 Å². The summed E-state index contributed by atoms with van der Waals surface area (Å²) >= 11 is 1.42. The first kappa shape index (κ1) is 24.9. The lowest BCUT2D eigenvalue weighted by Crippen LogP contribution is -2.33. The van der Waals surface area contributed by atoms with Crippen LogP contribution in [0.5, 0.6) is 0 Å². The van der Waals surface area contributed by atoms with Crippen LogP contribution in [0.3, 0.4) is 0 Å². The molecule has 1 fully saturated rings. The number of nitrogens with zero attached hydrogens (tertiary/aromatic N) is 3.